The molecule has 1 saturated heterocycles. The topological polar surface area (TPSA) is 21.3 Å². The zero-order valence-electron chi connectivity index (χ0n) is 8.86. The van der Waals surface area contributed by atoms with E-state index < -0.39 is 0 Å². The van der Waals surface area contributed by atoms with Crippen LogP contribution in [0.1, 0.15) is 33.1 Å². The minimum Gasteiger partial charge on any atom is -0.381 e. The molecule has 0 aromatic heterocycles. The van der Waals surface area contributed by atoms with Crippen molar-refractivity contribution in [3.8, 4) is 0 Å². The van der Waals surface area contributed by atoms with E-state index in [0.29, 0.717) is 0 Å². The highest BCUT2D eigenvalue weighted by Crippen LogP contribution is 2.19. The summed E-state index contributed by atoms with van der Waals surface area (Å²) in [7, 11) is 0. The first-order valence-electron chi connectivity index (χ1n) is 5.16. The van der Waals surface area contributed by atoms with Crippen LogP contribution in [0.5, 0.6) is 0 Å². The van der Waals surface area contributed by atoms with Gasteiger partial charge in [-0.25, -0.2) is 0 Å². The molecule has 0 bridgehead atoms. The maximum Gasteiger partial charge on any atom is 0.0483 e. The number of rotatable bonds is 4. The van der Waals surface area contributed by atoms with Crippen LogP contribution in [0, 0.1) is 0 Å². The second-order valence-corrected chi connectivity index (χ2v) is 4.13. The quantitative estimate of drug-likeness (QED) is 0.674. The van der Waals surface area contributed by atoms with Crippen molar-refractivity contribution in [2.75, 3.05) is 19.8 Å². The lowest BCUT2D eigenvalue weighted by Crippen LogP contribution is -2.47. The molecule has 1 N–H and O–H groups in total. The molecule has 0 radical (unpaired) electrons. The zero-order chi connectivity index (χ0) is 9.73. The summed E-state index contributed by atoms with van der Waals surface area (Å²) in [5.74, 6) is 0. The first-order valence-corrected chi connectivity index (χ1v) is 5.16. The van der Waals surface area contributed by atoms with E-state index >= 15 is 0 Å². The van der Waals surface area contributed by atoms with Crippen LogP contribution in [0.25, 0.3) is 0 Å². The Morgan fingerprint density at radius 3 is 2.62 bits per heavy atom. The van der Waals surface area contributed by atoms with Gasteiger partial charge in [-0.1, -0.05) is 19.1 Å². The fraction of sp³-hybridized carbons (Fsp3) is 0.818. The van der Waals surface area contributed by atoms with Gasteiger partial charge >= 0.3 is 0 Å². The molecule has 0 spiro atoms. The molecule has 1 aliphatic heterocycles. The van der Waals surface area contributed by atoms with Gasteiger partial charge in [0.15, 0.2) is 0 Å². The molecule has 2 nitrogen and oxygen atoms in total. The molecule has 0 aromatic carbocycles. The van der Waals surface area contributed by atoms with Crippen molar-refractivity contribution in [2.24, 2.45) is 0 Å². The standard InChI is InChI=1S/C11H21NO/c1-4-10(2)9-12-11(3)5-7-13-8-6-11/h12H,2,4-9H2,1,3H3. The Morgan fingerprint density at radius 1 is 1.46 bits per heavy atom. The van der Waals surface area contributed by atoms with Crippen molar-refractivity contribution in [3.63, 3.8) is 0 Å². The van der Waals surface area contributed by atoms with E-state index in [-0.39, 0.29) is 5.54 Å². The third-order valence-electron chi connectivity index (χ3n) is 2.86. The Kier molecular flexibility index (Phi) is 3.94. The van der Waals surface area contributed by atoms with Gasteiger partial charge in [0.25, 0.3) is 0 Å². The maximum atomic E-state index is 5.34. The van der Waals surface area contributed by atoms with E-state index in [2.05, 4.69) is 25.7 Å². The number of ether oxygens (including phenoxy) is 1. The molecule has 1 aliphatic rings. The van der Waals surface area contributed by atoms with Crippen molar-refractivity contribution in [1.82, 2.24) is 5.32 Å². The monoisotopic (exact) mass is 183 g/mol. The van der Waals surface area contributed by atoms with Crippen LogP contribution in [0.4, 0.5) is 0 Å². The van der Waals surface area contributed by atoms with E-state index in [9.17, 15) is 0 Å². The molecule has 0 saturated carbocycles. The fourth-order valence-electron chi connectivity index (χ4n) is 1.46. The summed E-state index contributed by atoms with van der Waals surface area (Å²) in [6.07, 6.45) is 3.30. The number of nitrogens with one attached hydrogen (secondary N) is 1. The van der Waals surface area contributed by atoms with Crippen LogP contribution in [0.2, 0.25) is 0 Å². The summed E-state index contributed by atoms with van der Waals surface area (Å²) in [6.45, 7) is 11.2. The molecule has 1 heterocycles. The average molecular weight is 183 g/mol. The van der Waals surface area contributed by atoms with E-state index in [4.69, 9.17) is 4.74 Å². The Labute approximate surface area is 81.4 Å². The zero-order valence-corrected chi connectivity index (χ0v) is 8.86. The van der Waals surface area contributed by atoms with Crippen molar-refractivity contribution in [3.05, 3.63) is 12.2 Å². The lowest BCUT2D eigenvalue weighted by molar-refractivity contribution is 0.0464. The summed E-state index contributed by atoms with van der Waals surface area (Å²) in [5, 5.41) is 3.57. The van der Waals surface area contributed by atoms with Crippen LogP contribution in [0.15, 0.2) is 12.2 Å². The van der Waals surface area contributed by atoms with Crippen LogP contribution in [-0.4, -0.2) is 25.3 Å². The number of hydrogen-bond donors (Lipinski definition) is 1. The number of hydrogen-bond acceptors (Lipinski definition) is 2. The van der Waals surface area contributed by atoms with E-state index in [1.807, 2.05) is 0 Å². The summed E-state index contributed by atoms with van der Waals surface area (Å²) in [5.41, 5.74) is 1.56. The summed E-state index contributed by atoms with van der Waals surface area (Å²) in [6, 6.07) is 0. The normalized spacial score (nSPS) is 21.4. The highest BCUT2D eigenvalue weighted by molar-refractivity contribution is 4.98. The molecule has 0 amide bonds. The Balaban J connectivity index is 2.28. The van der Waals surface area contributed by atoms with Crippen LogP contribution >= 0.6 is 0 Å². The second kappa shape index (κ2) is 4.77. The fourth-order valence-corrected chi connectivity index (χ4v) is 1.46. The van der Waals surface area contributed by atoms with Gasteiger partial charge in [0.2, 0.25) is 0 Å². The summed E-state index contributed by atoms with van der Waals surface area (Å²) < 4.78 is 5.34. The van der Waals surface area contributed by atoms with E-state index in [0.717, 1.165) is 39.0 Å². The van der Waals surface area contributed by atoms with Gasteiger partial charge in [0.1, 0.15) is 0 Å². The van der Waals surface area contributed by atoms with Crippen LogP contribution in [0.3, 0.4) is 0 Å². The predicted molar refractivity (Wildman–Crippen MR) is 55.9 cm³/mol. The smallest absolute Gasteiger partial charge is 0.0483 e. The second-order valence-electron chi connectivity index (χ2n) is 4.13. The molecule has 1 rings (SSSR count). The van der Waals surface area contributed by atoms with Gasteiger partial charge in [0.05, 0.1) is 0 Å². The minimum atomic E-state index is 0.274. The maximum absolute atomic E-state index is 5.34. The Hall–Kier alpha value is -0.340. The SMILES string of the molecule is C=C(CC)CNC1(C)CCOCC1. The minimum absolute atomic E-state index is 0.274. The first kappa shape index (κ1) is 10.7. The van der Waals surface area contributed by atoms with Crippen molar-refractivity contribution < 1.29 is 4.74 Å². The largest absolute Gasteiger partial charge is 0.381 e. The van der Waals surface area contributed by atoms with Gasteiger partial charge in [-0.15, -0.1) is 0 Å². The third-order valence-corrected chi connectivity index (χ3v) is 2.86. The molecule has 0 aliphatic carbocycles. The molecule has 2 heteroatoms. The van der Waals surface area contributed by atoms with Crippen LogP contribution < -0.4 is 5.32 Å². The summed E-state index contributed by atoms with van der Waals surface area (Å²) in [4.78, 5) is 0. The van der Waals surface area contributed by atoms with Gasteiger partial charge in [-0.3, -0.25) is 0 Å². The molecule has 0 aromatic rings. The molecular formula is C11H21NO. The molecule has 1 fully saturated rings. The van der Waals surface area contributed by atoms with Crippen molar-refractivity contribution >= 4 is 0 Å². The summed E-state index contributed by atoms with van der Waals surface area (Å²) >= 11 is 0. The lowest BCUT2D eigenvalue weighted by Gasteiger charge is -2.34. The van der Waals surface area contributed by atoms with E-state index in [1.165, 1.54) is 5.57 Å². The third kappa shape index (κ3) is 3.49. The Morgan fingerprint density at radius 2 is 2.08 bits per heavy atom. The van der Waals surface area contributed by atoms with E-state index in [1.54, 1.807) is 0 Å². The van der Waals surface area contributed by atoms with Gasteiger partial charge in [-0.05, 0) is 26.2 Å². The molecule has 0 unspecified atom stereocenters. The average Bonchev–Trinajstić information content (AvgIpc) is 2.15. The molecular weight excluding hydrogens is 162 g/mol. The predicted octanol–water partition coefficient (Wildman–Crippen LogP) is 2.11. The molecule has 13 heavy (non-hydrogen) atoms. The van der Waals surface area contributed by atoms with Gasteiger partial charge < -0.3 is 10.1 Å². The molecule has 76 valence electrons. The first-order chi connectivity index (χ1) is 6.16. The van der Waals surface area contributed by atoms with Crippen molar-refractivity contribution in [2.45, 2.75) is 38.6 Å². The van der Waals surface area contributed by atoms with Crippen molar-refractivity contribution in [1.29, 1.82) is 0 Å². The Bertz CT molecular complexity index is 171. The highest BCUT2D eigenvalue weighted by Gasteiger charge is 2.26. The molecule has 0 atom stereocenters. The van der Waals surface area contributed by atoms with Gasteiger partial charge in [-0.2, -0.15) is 0 Å². The van der Waals surface area contributed by atoms with Gasteiger partial charge in [0, 0.05) is 25.3 Å². The highest BCUT2D eigenvalue weighted by atomic mass is 16.5. The van der Waals surface area contributed by atoms with Crippen LogP contribution in [-0.2, 0) is 4.74 Å². The lowest BCUT2D eigenvalue weighted by atomic mass is 9.92.